The quantitative estimate of drug-likeness (QED) is 0.640. The van der Waals surface area contributed by atoms with Crippen molar-refractivity contribution < 1.29 is 4.79 Å². The van der Waals surface area contributed by atoms with Crippen LogP contribution in [0.25, 0.3) is 22.0 Å². The number of thiazole rings is 1. The highest BCUT2D eigenvalue weighted by atomic mass is 32.1. The van der Waals surface area contributed by atoms with Crippen LogP contribution in [0, 0.1) is 6.92 Å². The third-order valence-electron chi connectivity index (χ3n) is 5.16. The molecule has 1 aliphatic rings. The van der Waals surface area contributed by atoms with E-state index < -0.39 is 0 Å². The van der Waals surface area contributed by atoms with Crippen LogP contribution in [-0.2, 0) is 11.3 Å². The maximum absolute atomic E-state index is 12.7. The van der Waals surface area contributed by atoms with E-state index >= 15 is 0 Å². The predicted octanol–water partition coefficient (Wildman–Crippen LogP) is 4.99. The van der Waals surface area contributed by atoms with Gasteiger partial charge in [-0.2, -0.15) is 0 Å². The molecule has 3 aromatic rings. The first-order valence-electron chi connectivity index (χ1n) is 9.66. The number of nitrogens with zero attached hydrogens (tertiary/aromatic N) is 3. The molecular formula is C22H25N3OS. The van der Waals surface area contributed by atoms with Gasteiger partial charge in [-0.3, -0.25) is 4.79 Å². The molecular weight excluding hydrogens is 354 g/mol. The Morgan fingerprint density at radius 3 is 2.56 bits per heavy atom. The first-order chi connectivity index (χ1) is 13.2. The second-order valence-corrected chi connectivity index (χ2v) is 8.08. The molecule has 5 heteroatoms. The molecule has 1 aromatic carbocycles. The zero-order valence-corrected chi connectivity index (χ0v) is 16.5. The van der Waals surface area contributed by atoms with Crippen LogP contribution in [-0.4, -0.2) is 33.4 Å². The molecule has 1 fully saturated rings. The van der Waals surface area contributed by atoms with Gasteiger partial charge in [0.2, 0.25) is 5.91 Å². The number of rotatable bonds is 4. The number of aromatic nitrogens is 2. The normalized spacial score (nSPS) is 14.9. The highest BCUT2D eigenvalue weighted by Gasteiger charge is 2.18. The molecule has 0 aliphatic carbocycles. The minimum Gasteiger partial charge on any atom is -0.341 e. The lowest BCUT2D eigenvalue weighted by molar-refractivity contribution is -0.131. The molecule has 4 rings (SSSR count). The minimum absolute atomic E-state index is 0.213. The Balaban J connectivity index is 1.52. The molecule has 0 unspecified atom stereocenters. The highest BCUT2D eigenvalue weighted by Crippen LogP contribution is 2.29. The van der Waals surface area contributed by atoms with Crippen LogP contribution in [0.4, 0.5) is 0 Å². The molecule has 3 heterocycles. The molecule has 0 N–H and O–H groups in total. The summed E-state index contributed by atoms with van der Waals surface area (Å²) in [6.07, 6.45) is 6.70. The number of aryl methyl sites for hydroxylation is 1. The van der Waals surface area contributed by atoms with E-state index in [4.69, 9.17) is 4.98 Å². The Hall–Kier alpha value is -2.40. The molecule has 1 aliphatic heterocycles. The standard InChI is InChI=1S/C22H25N3OS/c1-17-8-10-18(11-9-17)19-16-27-22(23-19)20-7-6-14-25(20)15-21(26)24-12-4-2-3-5-13-24/h6-11,14,16H,2-5,12-13,15H2,1H3. The van der Waals surface area contributed by atoms with Gasteiger partial charge in [-0.1, -0.05) is 42.7 Å². The Kier molecular flexibility index (Phi) is 5.39. The van der Waals surface area contributed by atoms with E-state index in [-0.39, 0.29) is 5.91 Å². The summed E-state index contributed by atoms with van der Waals surface area (Å²) in [6, 6.07) is 12.5. The van der Waals surface area contributed by atoms with Gasteiger partial charge in [-0.05, 0) is 31.9 Å². The number of carbonyl (C=O) groups excluding carboxylic acids is 1. The number of likely N-dealkylation sites (tertiary alicyclic amines) is 1. The minimum atomic E-state index is 0.213. The number of benzene rings is 1. The molecule has 1 amide bonds. The van der Waals surface area contributed by atoms with Crippen LogP contribution in [0.5, 0.6) is 0 Å². The van der Waals surface area contributed by atoms with Crippen molar-refractivity contribution in [1.82, 2.24) is 14.5 Å². The van der Waals surface area contributed by atoms with Gasteiger partial charge in [-0.25, -0.2) is 4.98 Å². The Morgan fingerprint density at radius 2 is 1.81 bits per heavy atom. The molecule has 4 nitrogen and oxygen atoms in total. The fourth-order valence-corrected chi connectivity index (χ4v) is 4.43. The van der Waals surface area contributed by atoms with Crippen molar-refractivity contribution in [2.75, 3.05) is 13.1 Å². The van der Waals surface area contributed by atoms with Crippen molar-refractivity contribution in [2.24, 2.45) is 0 Å². The molecule has 140 valence electrons. The Morgan fingerprint density at radius 1 is 1.07 bits per heavy atom. The topological polar surface area (TPSA) is 38.1 Å². The number of hydrogen-bond donors (Lipinski definition) is 0. The summed E-state index contributed by atoms with van der Waals surface area (Å²) in [6.45, 7) is 4.26. The first-order valence-corrected chi connectivity index (χ1v) is 10.5. The fraction of sp³-hybridized carbons (Fsp3) is 0.364. The maximum atomic E-state index is 12.7. The van der Waals surface area contributed by atoms with Gasteiger partial charge in [0.15, 0.2) is 0 Å². The van der Waals surface area contributed by atoms with E-state index in [1.54, 1.807) is 11.3 Å². The molecule has 27 heavy (non-hydrogen) atoms. The van der Waals surface area contributed by atoms with E-state index in [9.17, 15) is 4.79 Å². The third-order valence-corrected chi connectivity index (χ3v) is 6.03. The van der Waals surface area contributed by atoms with Crippen molar-refractivity contribution >= 4 is 17.2 Å². The Bertz CT molecular complexity index is 902. The van der Waals surface area contributed by atoms with Crippen molar-refractivity contribution in [1.29, 1.82) is 0 Å². The van der Waals surface area contributed by atoms with Gasteiger partial charge >= 0.3 is 0 Å². The number of carbonyl (C=O) groups is 1. The van der Waals surface area contributed by atoms with E-state index in [0.29, 0.717) is 6.54 Å². The average molecular weight is 380 g/mol. The number of hydrogen-bond acceptors (Lipinski definition) is 3. The molecule has 2 aromatic heterocycles. The van der Waals surface area contributed by atoms with Gasteiger partial charge < -0.3 is 9.47 Å². The van der Waals surface area contributed by atoms with E-state index in [1.807, 2.05) is 27.8 Å². The predicted molar refractivity (Wildman–Crippen MR) is 111 cm³/mol. The van der Waals surface area contributed by atoms with Crippen LogP contribution in [0.15, 0.2) is 48.0 Å². The SMILES string of the molecule is Cc1ccc(-c2csc(-c3cccn3CC(=O)N3CCCCCC3)n2)cc1. The van der Waals surface area contributed by atoms with Crippen molar-refractivity contribution in [3.63, 3.8) is 0 Å². The van der Waals surface area contributed by atoms with Gasteiger partial charge in [0.25, 0.3) is 0 Å². The van der Waals surface area contributed by atoms with Gasteiger partial charge in [0.05, 0.1) is 11.4 Å². The molecule has 0 spiro atoms. The van der Waals surface area contributed by atoms with Crippen LogP contribution in [0.2, 0.25) is 0 Å². The highest BCUT2D eigenvalue weighted by molar-refractivity contribution is 7.13. The smallest absolute Gasteiger partial charge is 0.242 e. The lowest BCUT2D eigenvalue weighted by Gasteiger charge is -2.21. The summed E-state index contributed by atoms with van der Waals surface area (Å²) in [5.74, 6) is 0.213. The molecule has 0 atom stereocenters. The largest absolute Gasteiger partial charge is 0.341 e. The van der Waals surface area contributed by atoms with Crippen LogP contribution >= 0.6 is 11.3 Å². The zero-order chi connectivity index (χ0) is 18.6. The summed E-state index contributed by atoms with van der Waals surface area (Å²) < 4.78 is 2.03. The second kappa shape index (κ2) is 8.09. The lowest BCUT2D eigenvalue weighted by Crippen LogP contribution is -2.34. The summed E-state index contributed by atoms with van der Waals surface area (Å²) in [7, 11) is 0. The van der Waals surface area contributed by atoms with Crippen LogP contribution < -0.4 is 0 Å². The zero-order valence-electron chi connectivity index (χ0n) is 15.7. The molecule has 0 radical (unpaired) electrons. The Labute approximate surface area is 164 Å². The summed E-state index contributed by atoms with van der Waals surface area (Å²) in [5, 5.41) is 3.05. The lowest BCUT2D eigenvalue weighted by atomic mass is 10.1. The fourth-order valence-electron chi connectivity index (χ4n) is 3.56. The van der Waals surface area contributed by atoms with E-state index in [1.165, 1.54) is 18.4 Å². The second-order valence-electron chi connectivity index (χ2n) is 7.22. The molecule has 1 saturated heterocycles. The molecule has 0 bridgehead atoms. The van der Waals surface area contributed by atoms with Gasteiger partial charge in [-0.15, -0.1) is 11.3 Å². The van der Waals surface area contributed by atoms with Gasteiger partial charge in [0, 0.05) is 30.2 Å². The van der Waals surface area contributed by atoms with Crippen molar-refractivity contribution in [3.05, 3.63) is 53.5 Å². The van der Waals surface area contributed by atoms with E-state index in [0.717, 1.165) is 47.9 Å². The summed E-state index contributed by atoms with van der Waals surface area (Å²) in [4.78, 5) is 19.6. The third kappa shape index (κ3) is 4.14. The van der Waals surface area contributed by atoms with Gasteiger partial charge in [0.1, 0.15) is 11.6 Å². The maximum Gasteiger partial charge on any atom is 0.242 e. The average Bonchev–Trinajstić information content (AvgIpc) is 3.24. The van der Waals surface area contributed by atoms with Crippen LogP contribution in [0.1, 0.15) is 31.2 Å². The molecule has 0 saturated carbocycles. The number of amides is 1. The summed E-state index contributed by atoms with van der Waals surface area (Å²) in [5.41, 5.74) is 4.38. The van der Waals surface area contributed by atoms with E-state index in [2.05, 4.69) is 36.6 Å². The monoisotopic (exact) mass is 379 g/mol. The van der Waals surface area contributed by atoms with Crippen molar-refractivity contribution in [3.8, 4) is 22.0 Å². The first kappa shape index (κ1) is 18.0. The summed E-state index contributed by atoms with van der Waals surface area (Å²) >= 11 is 1.63. The van der Waals surface area contributed by atoms with Crippen molar-refractivity contribution in [2.45, 2.75) is 39.2 Å². The van der Waals surface area contributed by atoms with Crippen LogP contribution in [0.3, 0.4) is 0 Å².